The molecule has 5 heteroatoms. The highest BCUT2D eigenvalue weighted by Crippen LogP contribution is 2.24. The first kappa shape index (κ1) is 12.3. The van der Waals surface area contributed by atoms with Crippen LogP contribution >= 0.6 is 0 Å². The zero-order valence-electron chi connectivity index (χ0n) is 9.06. The fraction of sp³-hybridized carbons (Fsp3) is 0.0833. The van der Waals surface area contributed by atoms with E-state index < -0.39 is 0 Å². The van der Waals surface area contributed by atoms with Crippen molar-refractivity contribution in [3.05, 3.63) is 35.5 Å². The van der Waals surface area contributed by atoms with Crippen LogP contribution in [0.25, 0.3) is 0 Å². The van der Waals surface area contributed by atoms with E-state index in [9.17, 15) is 9.90 Å². The van der Waals surface area contributed by atoms with Gasteiger partial charge in [-0.25, -0.2) is 0 Å². The number of nitriles is 2. The molecule has 0 fully saturated rings. The van der Waals surface area contributed by atoms with Crippen LogP contribution in [-0.2, 0) is 0 Å². The van der Waals surface area contributed by atoms with Crippen molar-refractivity contribution in [1.29, 1.82) is 10.5 Å². The molecule has 0 aliphatic carbocycles. The number of allylic oxidation sites excluding steroid dienone is 1. The lowest BCUT2D eigenvalue weighted by Gasteiger charge is -2.05. The van der Waals surface area contributed by atoms with Gasteiger partial charge in [0.1, 0.15) is 23.5 Å². The summed E-state index contributed by atoms with van der Waals surface area (Å²) in [4.78, 5) is 11.1. The van der Waals surface area contributed by atoms with Crippen molar-refractivity contribution in [3.8, 4) is 17.9 Å². The summed E-state index contributed by atoms with van der Waals surface area (Å²) in [6, 6.07) is 7.64. The fourth-order valence-corrected chi connectivity index (χ4v) is 1.11. The van der Waals surface area contributed by atoms with Gasteiger partial charge in [-0.15, -0.1) is 0 Å². The Hall–Kier alpha value is -2.79. The number of hydrogen-bond acceptors (Lipinski definition) is 5. The molecule has 0 saturated heterocycles. The Morgan fingerprint density at radius 3 is 2.59 bits per heavy atom. The summed E-state index contributed by atoms with van der Waals surface area (Å²) in [7, 11) is 0. The molecule has 0 aliphatic heterocycles. The molecule has 0 spiro atoms. The van der Waals surface area contributed by atoms with Crippen LogP contribution in [0.3, 0.4) is 0 Å². The molecule has 0 aliphatic rings. The van der Waals surface area contributed by atoms with Crippen molar-refractivity contribution >= 4 is 11.5 Å². The van der Waals surface area contributed by atoms with Gasteiger partial charge in [-0.1, -0.05) is 0 Å². The summed E-state index contributed by atoms with van der Waals surface area (Å²) in [5.74, 6) is -0.209. The lowest BCUT2D eigenvalue weighted by molar-refractivity contribution is 0.101. The number of benzene rings is 1. The molecule has 0 heterocycles. The van der Waals surface area contributed by atoms with Crippen LogP contribution < -0.4 is 5.32 Å². The van der Waals surface area contributed by atoms with Gasteiger partial charge in [-0.05, 0) is 25.1 Å². The molecule has 1 aromatic rings. The minimum absolute atomic E-state index is 0.0681. The number of carbonyl (C=O) groups is 1. The van der Waals surface area contributed by atoms with Gasteiger partial charge >= 0.3 is 0 Å². The molecule has 0 unspecified atom stereocenters. The van der Waals surface area contributed by atoms with Crippen molar-refractivity contribution in [1.82, 2.24) is 0 Å². The number of aromatic hydroxyl groups is 1. The molecule has 84 valence electrons. The summed E-state index contributed by atoms with van der Waals surface area (Å²) in [6.45, 7) is 1.40. The van der Waals surface area contributed by atoms with E-state index in [-0.39, 0.29) is 22.8 Å². The number of ketones is 1. The topological polar surface area (TPSA) is 96.9 Å². The predicted molar refractivity (Wildman–Crippen MR) is 61.0 cm³/mol. The van der Waals surface area contributed by atoms with Crippen molar-refractivity contribution in [2.24, 2.45) is 0 Å². The minimum Gasteiger partial charge on any atom is -0.506 e. The molecule has 0 atom stereocenters. The molecule has 0 radical (unpaired) electrons. The number of Topliss-reactive ketones (excluding diaryl/α,β-unsaturated/α-hetero) is 1. The first-order valence-electron chi connectivity index (χ1n) is 4.69. The standard InChI is InChI=1S/C12H9N3O2/c1-8(16)10-2-3-12(17)11(4-10)15-7-9(5-13)6-14/h2-4,7,15,17H,1H3. The van der Waals surface area contributed by atoms with E-state index in [1.165, 1.54) is 31.3 Å². The van der Waals surface area contributed by atoms with Gasteiger partial charge in [0.15, 0.2) is 5.78 Å². The molecule has 0 aromatic heterocycles. The number of hydrogen-bond donors (Lipinski definition) is 2. The van der Waals surface area contributed by atoms with Crippen molar-refractivity contribution in [3.63, 3.8) is 0 Å². The van der Waals surface area contributed by atoms with Gasteiger partial charge < -0.3 is 10.4 Å². The Bertz CT molecular complexity index is 546. The molecule has 0 amide bonds. The third-order valence-electron chi connectivity index (χ3n) is 2.02. The normalized spacial score (nSPS) is 8.65. The van der Waals surface area contributed by atoms with Gasteiger partial charge in [0.05, 0.1) is 5.69 Å². The van der Waals surface area contributed by atoms with Gasteiger partial charge in [0.2, 0.25) is 0 Å². The number of phenols is 1. The van der Waals surface area contributed by atoms with Crippen LogP contribution in [0.15, 0.2) is 30.0 Å². The number of anilines is 1. The van der Waals surface area contributed by atoms with E-state index in [0.29, 0.717) is 5.56 Å². The molecule has 17 heavy (non-hydrogen) atoms. The predicted octanol–water partition coefficient (Wildman–Crippen LogP) is 1.94. The maximum Gasteiger partial charge on any atom is 0.159 e. The van der Waals surface area contributed by atoms with Crippen LogP contribution in [-0.4, -0.2) is 10.9 Å². The molecular formula is C12H9N3O2. The summed E-state index contributed by atoms with van der Waals surface area (Å²) < 4.78 is 0. The number of phenolic OH excluding ortho intramolecular Hbond substituents is 1. The number of carbonyl (C=O) groups excluding carboxylic acids is 1. The maximum atomic E-state index is 11.1. The number of rotatable bonds is 3. The lowest BCUT2D eigenvalue weighted by Crippen LogP contribution is -1.95. The Balaban J connectivity index is 3.04. The molecule has 1 aromatic carbocycles. The van der Waals surface area contributed by atoms with Crippen LogP contribution in [0.2, 0.25) is 0 Å². The highest BCUT2D eigenvalue weighted by molar-refractivity contribution is 5.95. The molecular weight excluding hydrogens is 218 g/mol. The van der Waals surface area contributed by atoms with E-state index in [0.717, 1.165) is 0 Å². The summed E-state index contributed by atoms with van der Waals surface area (Å²) in [5, 5.41) is 29.1. The zero-order chi connectivity index (χ0) is 12.8. The Kier molecular flexibility index (Phi) is 3.86. The van der Waals surface area contributed by atoms with E-state index in [2.05, 4.69) is 5.32 Å². The highest BCUT2D eigenvalue weighted by Gasteiger charge is 2.05. The van der Waals surface area contributed by atoms with Crippen molar-refractivity contribution < 1.29 is 9.90 Å². The Morgan fingerprint density at radius 1 is 1.41 bits per heavy atom. The number of nitrogens with one attached hydrogen (secondary N) is 1. The largest absolute Gasteiger partial charge is 0.506 e. The fourth-order valence-electron chi connectivity index (χ4n) is 1.11. The van der Waals surface area contributed by atoms with Crippen LogP contribution in [0, 0.1) is 22.7 Å². The molecule has 0 saturated carbocycles. The summed E-state index contributed by atoms with van der Waals surface area (Å²) in [6.07, 6.45) is 1.17. The summed E-state index contributed by atoms with van der Waals surface area (Å²) >= 11 is 0. The van der Waals surface area contributed by atoms with Crippen molar-refractivity contribution in [2.75, 3.05) is 5.32 Å². The van der Waals surface area contributed by atoms with E-state index in [1.807, 2.05) is 0 Å². The Labute approximate surface area is 98.2 Å². The molecule has 0 bridgehead atoms. The molecule has 2 N–H and O–H groups in total. The third kappa shape index (κ3) is 3.08. The third-order valence-corrected chi connectivity index (χ3v) is 2.02. The SMILES string of the molecule is CC(=O)c1ccc(O)c(NC=C(C#N)C#N)c1. The second kappa shape index (κ2) is 5.34. The Morgan fingerprint density at radius 2 is 2.06 bits per heavy atom. The second-order valence-corrected chi connectivity index (χ2v) is 3.21. The van der Waals surface area contributed by atoms with E-state index in [1.54, 1.807) is 12.1 Å². The van der Waals surface area contributed by atoms with Gasteiger partial charge in [-0.2, -0.15) is 10.5 Å². The second-order valence-electron chi connectivity index (χ2n) is 3.21. The van der Waals surface area contributed by atoms with E-state index in [4.69, 9.17) is 10.5 Å². The average molecular weight is 227 g/mol. The average Bonchev–Trinajstić information content (AvgIpc) is 2.32. The van der Waals surface area contributed by atoms with Crippen LogP contribution in [0.1, 0.15) is 17.3 Å². The van der Waals surface area contributed by atoms with Gasteiger partial charge in [-0.3, -0.25) is 4.79 Å². The quantitative estimate of drug-likeness (QED) is 0.467. The minimum atomic E-state index is -0.141. The molecule has 5 nitrogen and oxygen atoms in total. The first-order valence-corrected chi connectivity index (χ1v) is 4.69. The summed E-state index contributed by atoms with van der Waals surface area (Å²) in [5.41, 5.74) is 0.562. The lowest BCUT2D eigenvalue weighted by atomic mass is 10.1. The number of nitrogens with zero attached hydrogens (tertiary/aromatic N) is 2. The maximum absolute atomic E-state index is 11.1. The van der Waals surface area contributed by atoms with Crippen molar-refractivity contribution in [2.45, 2.75) is 6.92 Å². The van der Waals surface area contributed by atoms with E-state index >= 15 is 0 Å². The monoisotopic (exact) mass is 227 g/mol. The van der Waals surface area contributed by atoms with Gasteiger partial charge in [0.25, 0.3) is 0 Å². The molecule has 1 rings (SSSR count). The smallest absolute Gasteiger partial charge is 0.159 e. The van der Waals surface area contributed by atoms with Gasteiger partial charge in [0, 0.05) is 11.8 Å². The highest BCUT2D eigenvalue weighted by atomic mass is 16.3. The first-order chi connectivity index (χ1) is 8.08. The van der Waals surface area contributed by atoms with Crippen LogP contribution in [0.4, 0.5) is 5.69 Å². The van der Waals surface area contributed by atoms with Crippen LogP contribution in [0.5, 0.6) is 5.75 Å². The zero-order valence-corrected chi connectivity index (χ0v) is 9.06.